The van der Waals surface area contributed by atoms with Crippen LogP contribution < -0.4 is 20.1 Å². The fraction of sp³-hybridized carbons (Fsp3) is 0.100. The monoisotopic (exact) mass is 366 g/mol. The Balaban J connectivity index is 1.54. The summed E-state index contributed by atoms with van der Waals surface area (Å²) < 4.78 is 15.6. The van der Waals surface area contributed by atoms with Crippen molar-refractivity contribution in [1.82, 2.24) is 0 Å². The number of ether oxygens (including phenoxy) is 2. The van der Waals surface area contributed by atoms with E-state index in [-0.39, 0.29) is 24.2 Å². The van der Waals surface area contributed by atoms with Crippen LogP contribution in [0.4, 0.5) is 11.4 Å². The molecule has 0 aliphatic heterocycles. The van der Waals surface area contributed by atoms with Gasteiger partial charge in [0.15, 0.2) is 12.4 Å². The van der Waals surface area contributed by atoms with Crippen LogP contribution >= 0.6 is 0 Å². The van der Waals surface area contributed by atoms with Crippen LogP contribution in [0, 0.1) is 0 Å². The number of hydrogen-bond donors (Lipinski definition) is 2. The second-order valence-electron chi connectivity index (χ2n) is 5.53. The highest BCUT2D eigenvalue weighted by atomic mass is 16.5. The topological polar surface area (TPSA) is 89.8 Å². The largest absolute Gasteiger partial charge is 0.497 e. The molecule has 3 rings (SSSR count). The van der Waals surface area contributed by atoms with Crippen molar-refractivity contribution >= 4 is 23.2 Å². The molecule has 2 amide bonds. The van der Waals surface area contributed by atoms with Gasteiger partial charge in [0.25, 0.3) is 11.8 Å². The predicted octanol–water partition coefficient (Wildman–Crippen LogP) is 3.56. The SMILES string of the molecule is COc1cccc(NC(=O)COc2cccc(NC(=O)c3ccco3)c2)c1. The Morgan fingerprint density at radius 1 is 0.926 bits per heavy atom. The molecule has 0 aliphatic rings. The maximum Gasteiger partial charge on any atom is 0.291 e. The van der Waals surface area contributed by atoms with Crippen molar-refractivity contribution in [2.45, 2.75) is 0 Å². The van der Waals surface area contributed by atoms with Gasteiger partial charge in [-0.25, -0.2) is 0 Å². The minimum Gasteiger partial charge on any atom is -0.497 e. The number of methoxy groups -OCH3 is 1. The van der Waals surface area contributed by atoms with Gasteiger partial charge in [-0.3, -0.25) is 9.59 Å². The van der Waals surface area contributed by atoms with Crippen molar-refractivity contribution in [2.75, 3.05) is 24.4 Å². The van der Waals surface area contributed by atoms with Crippen LogP contribution in [0.3, 0.4) is 0 Å². The van der Waals surface area contributed by atoms with E-state index >= 15 is 0 Å². The average Bonchev–Trinajstić information content (AvgIpc) is 3.22. The Morgan fingerprint density at radius 2 is 1.63 bits per heavy atom. The summed E-state index contributed by atoms with van der Waals surface area (Å²) in [5, 5.41) is 5.42. The number of nitrogens with one attached hydrogen (secondary N) is 2. The van der Waals surface area contributed by atoms with E-state index < -0.39 is 0 Å². The van der Waals surface area contributed by atoms with Crippen molar-refractivity contribution in [3.05, 3.63) is 72.7 Å². The Labute approximate surface area is 155 Å². The molecular formula is C20H18N2O5. The summed E-state index contributed by atoms with van der Waals surface area (Å²) in [4.78, 5) is 24.0. The standard InChI is InChI=1S/C20H18N2O5/c1-25-16-7-2-5-14(11-16)21-19(23)13-27-17-8-3-6-15(12-17)22-20(24)18-9-4-10-26-18/h2-12H,13H2,1H3,(H,21,23)(H,22,24). The Morgan fingerprint density at radius 3 is 2.33 bits per heavy atom. The molecule has 1 aromatic heterocycles. The first-order chi connectivity index (χ1) is 13.1. The lowest BCUT2D eigenvalue weighted by Crippen LogP contribution is -2.20. The highest BCUT2D eigenvalue weighted by molar-refractivity contribution is 6.02. The summed E-state index contributed by atoms with van der Waals surface area (Å²) in [5.74, 6) is 0.627. The van der Waals surface area contributed by atoms with Gasteiger partial charge in [0.2, 0.25) is 0 Å². The van der Waals surface area contributed by atoms with E-state index in [4.69, 9.17) is 13.9 Å². The fourth-order valence-electron chi connectivity index (χ4n) is 2.31. The van der Waals surface area contributed by atoms with E-state index in [1.54, 1.807) is 67.8 Å². The first kappa shape index (κ1) is 18.1. The zero-order chi connectivity index (χ0) is 19.1. The van der Waals surface area contributed by atoms with E-state index in [2.05, 4.69) is 10.6 Å². The van der Waals surface area contributed by atoms with Crippen LogP contribution in [-0.4, -0.2) is 25.5 Å². The van der Waals surface area contributed by atoms with Gasteiger partial charge in [-0.05, 0) is 36.4 Å². The molecular weight excluding hydrogens is 348 g/mol. The smallest absolute Gasteiger partial charge is 0.291 e. The molecule has 7 nitrogen and oxygen atoms in total. The van der Waals surface area contributed by atoms with Crippen LogP contribution in [0.2, 0.25) is 0 Å². The van der Waals surface area contributed by atoms with Gasteiger partial charge >= 0.3 is 0 Å². The van der Waals surface area contributed by atoms with Gasteiger partial charge in [0, 0.05) is 23.5 Å². The van der Waals surface area contributed by atoms with Gasteiger partial charge < -0.3 is 24.5 Å². The minimum absolute atomic E-state index is 0.174. The number of anilines is 2. The van der Waals surface area contributed by atoms with Crippen molar-refractivity contribution in [1.29, 1.82) is 0 Å². The van der Waals surface area contributed by atoms with E-state index in [1.165, 1.54) is 6.26 Å². The van der Waals surface area contributed by atoms with Gasteiger partial charge in [-0.2, -0.15) is 0 Å². The molecule has 0 atom stereocenters. The number of carbonyl (C=O) groups excluding carboxylic acids is 2. The fourth-order valence-corrected chi connectivity index (χ4v) is 2.31. The van der Waals surface area contributed by atoms with Crippen molar-refractivity contribution in [3.63, 3.8) is 0 Å². The number of amides is 2. The minimum atomic E-state index is -0.368. The van der Waals surface area contributed by atoms with E-state index in [9.17, 15) is 9.59 Å². The molecule has 0 fully saturated rings. The summed E-state index contributed by atoms with van der Waals surface area (Å²) in [6.07, 6.45) is 1.43. The second-order valence-corrected chi connectivity index (χ2v) is 5.53. The molecule has 1 heterocycles. The average molecular weight is 366 g/mol. The summed E-state index contributed by atoms with van der Waals surface area (Å²) in [5.41, 5.74) is 1.14. The number of hydrogen-bond acceptors (Lipinski definition) is 5. The lowest BCUT2D eigenvalue weighted by Gasteiger charge is -2.10. The Kier molecular flexibility index (Phi) is 5.73. The third-order valence-electron chi connectivity index (χ3n) is 3.56. The summed E-state index contributed by atoms with van der Waals surface area (Å²) in [6, 6.07) is 17.0. The quantitative estimate of drug-likeness (QED) is 0.667. The van der Waals surface area contributed by atoms with Gasteiger partial charge in [0.05, 0.1) is 13.4 Å². The number of rotatable bonds is 7. The first-order valence-corrected chi connectivity index (χ1v) is 8.15. The highest BCUT2D eigenvalue weighted by Crippen LogP contribution is 2.19. The van der Waals surface area contributed by atoms with Crippen LogP contribution in [0.1, 0.15) is 10.6 Å². The Bertz CT molecular complexity index is 922. The summed E-state index contributed by atoms with van der Waals surface area (Å²) >= 11 is 0. The molecule has 3 aromatic rings. The maximum atomic E-state index is 12.0. The lowest BCUT2D eigenvalue weighted by atomic mass is 10.3. The summed E-state index contributed by atoms with van der Waals surface area (Å²) in [6.45, 7) is -0.174. The van der Waals surface area contributed by atoms with Crippen LogP contribution in [0.15, 0.2) is 71.3 Å². The predicted molar refractivity (Wildman–Crippen MR) is 100 cm³/mol. The van der Waals surface area contributed by atoms with Crippen LogP contribution in [0.5, 0.6) is 11.5 Å². The van der Waals surface area contributed by atoms with Gasteiger partial charge in [0.1, 0.15) is 11.5 Å². The maximum absolute atomic E-state index is 12.0. The molecule has 0 radical (unpaired) electrons. The lowest BCUT2D eigenvalue weighted by molar-refractivity contribution is -0.118. The normalized spacial score (nSPS) is 10.1. The molecule has 7 heteroatoms. The van der Waals surface area contributed by atoms with E-state index in [1.807, 2.05) is 0 Å². The molecule has 0 saturated carbocycles. The zero-order valence-electron chi connectivity index (χ0n) is 14.6. The molecule has 138 valence electrons. The van der Waals surface area contributed by atoms with Crippen LogP contribution in [0.25, 0.3) is 0 Å². The number of carbonyl (C=O) groups is 2. The molecule has 27 heavy (non-hydrogen) atoms. The molecule has 2 N–H and O–H groups in total. The van der Waals surface area contributed by atoms with Gasteiger partial charge in [-0.1, -0.05) is 12.1 Å². The van der Waals surface area contributed by atoms with Gasteiger partial charge in [-0.15, -0.1) is 0 Å². The molecule has 0 aliphatic carbocycles. The molecule has 0 spiro atoms. The van der Waals surface area contributed by atoms with E-state index in [0.717, 1.165) is 0 Å². The van der Waals surface area contributed by atoms with Crippen molar-refractivity contribution in [2.24, 2.45) is 0 Å². The number of furan rings is 1. The number of benzene rings is 2. The third kappa shape index (κ3) is 5.12. The second kappa shape index (κ2) is 8.57. The molecule has 0 bridgehead atoms. The molecule has 0 saturated heterocycles. The van der Waals surface area contributed by atoms with E-state index in [0.29, 0.717) is 22.9 Å². The third-order valence-corrected chi connectivity index (χ3v) is 3.56. The molecule has 2 aromatic carbocycles. The zero-order valence-corrected chi connectivity index (χ0v) is 14.6. The Hall–Kier alpha value is -3.74. The van der Waals surface area contributed by atoms with Crippen LogP contribution in [-0.2, 0) is 4.79 Å². The summed E-state index contributed by atoms with van der Waals surface area (Å²) in [7, 11) is 1.56. The van der Waals surface area contributed by atoms with Crippen molar-refractivity contribution in [3.8, 4) is 11.5 Å². The molecule has 0 unspecified atom stereocenters. The van der Waals surface area contributed by atoms with Crippen molar-refractivity contribution < 1.29 is 23.5 Å². The highest BCUT2D eigenvalue weighted by Gasteiger charge is 2.10. The first-order valence-electron chi connectivity index (χ1n) is 8.15.